The fraction of sp³-hybridized carbons (Fsp3) is 0.231. The van der Waals surface area contributed by atoms with Gasteiger partial charge in [0.2, 0.25) is 0 Å². The molecule has 0 fully saturated rings. The van der Waals surface area contributed by atoms with Crippen molar-refractivity contribution < 1.29 is 9.13 Å². The maximum Gasteiger partial charge on any atom is 0.168 e. The number of halogens is 2. The van der Waals surface area contributed by atoms with Crippen LogP contribution in [0.25, 0.3) is 0 Å². The first kappa shape index (κ1) is 13.7. The van der Waals surface area contributed by atoms with E-state index in [1.807, 2.05) is 13.0 Å². The molecule has 4 nitrogen and oxygen atoms in total. The first-order valence-electron chi connectivity index (χ1n) is 5.68. The van der Waals surface area contributed by atoms with E-state index >= 15 is 0 Å². The second-order valence-electron chi connectivity index (χ2n) is 3.92. The van der Waals surface area contributed by atoms with Gasteiger partial charge >= 0.3 is 0 Å². The van der Waals surface area contributed by atoms with Crippen LogP contribution in [0.3, 0.4) is 0 Å². The smallest absolute Gasteiger partial charge is 0.168 e. The molecule has 0 aliphatic rings. The number of aromatic nitrogens is 2. The number of nitrogens with one attached hydrogen (secondary N) is 1. The van der Waals surface area contributed by atoms with Gasteiger partial charge in [-0.2, -0.15) is 0 Å². The molecule has 6 heteroatoms. The van der Waals surface area contributed by atoms with Gasteiger partial charge in [-0.05, 0) is 41.1 Å². The Balaban J connectivity index is 2.12. The van der Waals surface area contributed by atoms with Crippen LogP contribution < -0.4 is 10.1 Å². The Morgan fingerprint density at radius 3 is 2.79 bits per heavy atom. The van der Waals surface area contributed by atoms with Crippen molar-refractivity contribution in [1.29, 1.82) is 0 Å². The summed E-state index contributed by atoms with van der Waals surface area (Å²) in [6, 6.07) is 6.10. The Hall–Kier alpha value is -1.69. The average Bonchev–Trinajstić information content (AvgIpc) is 2.37. The SMILES string of the molecule is CNc1cc(C)nc(COc2ccc(F)cc2Br)n1. The van der Waals surface area contributed by atoms with Crippen molar-refractivity contribution >= 4 is 21.7 Å². The highest BCUT2D eigenvalue weighted by molar-refractivity contribution is 9.10. The van der Waals surface area contributed by atoms with Crippen LogP contribution >= 0.6 is 15.9 Å². The van der Waals surface area contributed by atoms with E-state index in [9.17, 15) is 4.39 Å². The maximum atomic E-state index is 12.9. The summed E-state index contributed by atoms with van der Waals surface area (Å²) >= 11 is 3.25. The number of benzene rings is 1. The fourth-order valence-corrected chi connectivity index (χ4v) is 2.02. The number of anilines is 1. The van der Waals surface area contributed by atoms with Crippen molar-refractivity contribution in [3.8, 4) is 5.75 Å². The van der Waals surface area contributed by atoms with Crippen LogP contribution in [-0.4, -0.2) is 17.0 Å². The number of rotatable bonds is 4. The minimum absolute atomic E-state index is 0.223. The van der Waals surface area contributed by atoms with Crippen LogP contribution in [0.5, 0.6) is 5.75 Å². The van der Waals surface area contributed by atoms with E-state index in [0.29, 0.717) is 16.0 Å². The molecule has 1 aromatic carbocycles. The highest BCUT2D eigenvalue weighted by Crippen LogP contribution is 2.26. The molecule has 0 saturated heterocycles. The second kappa shape index (κ2) is 5.97. The van der Waals surface area contributed by atoms with Crippen molar-refractivity contribution in [3.63, 3.8) is 0 Å². The molecular formula is C13H13BrFN3O. The van der Waals surface area contributed by atoms with Crippen molar-refractivity contribution in [2.45, 2.75) is 13.5 Å². The van der Waals surface area contributed by atoms with Gasteiger partial charge in [-0.1, -0.05) is 0 Å². The van der Waals surface area contributed by atoms with Crippen LogP contribution in [0.2, 0.25) is 0 Å². The van der Waals surface area contributed by atoms with Crippen LogP contribution in [-0.2, 0) is 6.61 Å². The van der Waals surface area contributed by atoms with Gasteiger partial charge in [0.05, 0.1) is 4.47 Å². The van der Waals surface area contributed by atoms with Crippen LogP contribution in [0.1, 0.15) is 11.5 Å². The van der Waals surface area contributed by atoms with Gasteiger partial charge in [-0.25, -0.2) is 14.4 Å². The summed E-state index contributed by atoms with van der Waals surface area (Å²) < 4.78 is 19.1. The van der Waals surface area contributed by atoms with Crippen molar-refractivity contribution in [2.24, 2.45) is 0 Å². The molecule has 0 radical (unpaired) electrons. The zero-order chi connectivity index (χ0) is 13.8. The Morgan fingerprint density at radius 1 is 1.32 bits per heavy atom. The summed E-state index contributed by atoms with van der Waals surface area (Å²) in [6.07, 6.45) is 0. The summed E-state index contributed by atoms with van der Waals surface area (Å²) in [4.78, 5) is 8.56. The van der Waals surface area contributed by atoms with E-state index in [4.69, 9.17) is 4.74 Å². The lowest BCUT2D eigenvalue weighted by molar-refractivity contribution is 0.293. The van der Waals surface area contributed by atoms with E-state index in [1.54, 1.807) is 13.1 Å². The quantitative estimate of drug-likeness (QED) is 0.936. The average molecular weight is 326 g/mol. The molecule has 0 unspecified atom stereocenters. The first-order chi connectivity index (χ1) is 9.08. The minimum atomic E-state index is -0.316. The van der Waals surface area contributed by atoms with Gasteiger partial charge < -0.3 is 10.1 Å². The number of ether oxygens (including phenoxy) is 1. The predicted molar refractivity (Wildman–Crippen MR) is 74.7 cm³/mol. The van der Waals surface area contributed by atoms with Gasteiger partial charge in [0.1, 0.15) is 24.0 Å². The largest absolute Gasteiger partial charge is 0.484 e. The zero-order valence-corrected chi connectivity index (χ0v) is 12.2. The van der Waals surface area contributed by atoms with Gasteiger partial charge in [0.15, 0.2) is 5.82 Å². The Labute approximate surface area is 119 Å². The number of nitrogens with zero attached hydrogens (tertiary/aromatic N) is 2. The minimum Gasteiger partial charge on any atom is -0.484 e. The normalized spacial score (nSPS) is 10.3. The van der Waals surface area contributed by atoms with Gasteiger partial charge in [0.25, 0.3) is 0 Å². The molecule has 0 atom stereocenters. The van der Waals surface area contributed by atoms with Crippen LogP contribution in [0, 0.1) is 12.7 Å². The molecular weight excluding hydrogens is 313 g/mol. The van der Waals surface area contributed by atoms with Gasteiger partial charge in [-0.3, -0.25) is 0 Å². The molecule has 0 amide bonds. The van der Waals surface area contributed by atoms with Crippen LogP contribution in [0.4, 0.5) is 10.2 Å². The lowest BCUT2D eigenvalue weighted by Gasteiger charge is -2.09. The Kier molecular flexibility index (Phi) is 4.31. The molecule has 0 bridgehead atoms. The first-order valence-corrected chi connectivity index (χ1v) is 6.48. The van der Waals surface area contributed by atoms with E-state index in [-0.39, 0.29) is 12.4 Å². The number of hydrogen-bond acceptors (Lipinski definition) is 4. The molecule has 1 aromatic heterocycles. The molecule has 2 rings (SSSR count). The molecule has 2 aromatic rings. The van der Waals surface area contributed by atoms with E-state index < -0.39 is 0 Å². The van der Waals surface area contributed by atoms with Gasteiger partial charge in [0, 0.05) is 18.8 Å². The predicted octanol–water partition coefficient (Wildman–Crippen LogP) is 3.31. The molecule has 0 aliphatic heterocycles. The topological polar surface area (TPSA) is 47.0 Å². The summed E-state index contributed by atoms with van der Waals surface area (Å²) in [7, 11) is 1.79. The molecule has 0 spiro atoms. The van der Waals surface area contributed by atoms with Crippen molar-refractivity contribution in [1.82, 2.24) is 9.97 Å². The molecule has 1 N–H and O–H groups in total. The van der Waals surface area contributed by atoms with E-state index in [1.165, 1.54) is 12.1 Å². The Morgan fingerprint density at radius 2 is 2.11 bits per heavy atom. The third-order valence-corrected chi connectivity index (χ3v) is 3.03. The number of aryl methyl sites for hydroxylation is 1. The fourth-order valence-electron chi connectivity index (χ4n) is 1.56. The lowest BCUT2D eigenvalue weighted by atomic mass is 10.3. The molecule has 1 heterocycles. The monoisotopic (exact) mass is 325 g/mol. The lowest BCUT2D eigenvalue weighted by Crippen LogP contribution is -2.05. The maximum absolute atomic E-state index is 12.9. The standard InChI is InChI=1S/C13H13BrFN3O/c1-8-5-12(16-2)18-13(17-8)7-19-11-4-3-9(15)6-10(11)14/h3-6H,7H2,1-2H3,(H,16,17,18). The van der Waals surface area contributed by atoms with E-state index in [0.717, 1.165) is 11.5 Å². The second-order valence-corrected chi connectivity index (χ2v) is 4.78. The molecule has 0 aliphatic carbocycles. The Bertz CT molecular complexity index is 592. The third kappa shape index (κ3) is 3.64. The third-order valence-electron chi connectivity index (χ3n) is 2.41. The molecule has 19 heavy (non-hydrogen) atoms. The zero-order valence-electron chi connectivity index (χ0n) is 10.6. The number of hydrogen-bond donors (Lipinski definition) is 1. The van der Waals surface area contributed by atoms with E-state index in [2.05, 4.69) is 31.2 Å². The highest BCUT2D eigenvalue weighted by atomic mass is 79.9. The van der Waals surface area contributed by atoms with Gasteiger partial charge in [-0.15, -0.1) is 0 Å². The summed E-state index contributed by atoms with van der Waals surface area (Å²) in [5.41, 5.74) is 0.858. The van der Waals surface area contributed by atoms with Crippen molar-refractivity contribution in [3.05, 3.63) is 46.1 Å². The summed E-state index contributed by atoms with van der Waals surface area (Å²) in [5.74, 6) is 1.55. The summed E-state index contributed by atoms with van der Waals surface area (Å²) in [5, 5.41) is 2.96. The molecule has 0 saturated carbocycles. The molecule has 100 valence electrons. The highest BCUT2D eigenvalue weighted by Gasteiger charge is 2.06. The van der Waals surface area contributed by atoms with Crippen LogP contribution in [0.15, 0.2) is 28.7 Å². The summed E-state index contributed by atoms with van der Waals surface area (Å²) in [6.45, 7) is 2.11. The van der Waals surface area contributed by atoms with Crippen molar-refractivity contribution in [2.75, 3.05) is 12.4 Å².